The Hall–Kier alpha value is -0.980. The van der Waals surface area contributed by atoms with Crippen LogP contribution in [0.25, 0.3) is 0 Å². The second-order valence-corrected chi connectivity index (χ2v) is 5.85. The van der Waals surface area contributed by atoms with E-state index in [1.807, 2.05) is 27.0 Å². The van der Waals surface area contributed by atoms with Crippen molar-refractivity contribution in [2.75, 3.05) is 26.8 Å². The highest BCUT2D eigenvalue weighted by Crippen LogP contribution is 2.24. The van der Waals surface area contributed by atoms with E-state index >= 15 is 0 Å². The van der Waals surface area contributed by atoms with Crippen LogP contribution >= 0.6 is 11.3 Å². The van der Waals surface area contributed by atoms with E-state index in [1.54, 1.807) is 18.4 Å². The van der Waals surface area contributed by atoms with Crippen molar-refractivity contribution in [3.63, 3.8) is 0 Å². The van der Waals surface area contributed by atoms with Crippen LogP contribution in [0.3, 0.4) is 0 Å². The Bertz CT molecular complexity index is 390. The van der Waals surface area contributed by atoms with Crippen LogP contribution < -0.4 is 10.6 Å². The first-order chi connectivity index (χ1) is 8.45. The SMILES string of the molecule is COCCNCC(=O)NC(C)(C)c1ncc(C)s1. The molecule has 1 heterocycles. The van der Waals surface area contributed by atoms with Gasteiger partial charge in [-0.1, -0.05) is 0 Å². The summed E-state index contributed by atoms with van der Waals surface area (Å²) in [6, 6.07) is 0. The van der Waals surface area contributed by atoms with Crippen LogP contribution in [0, 0.1) is 6.92 Å². The lowest BCUT2D eigenvalue weighted by molar-refractivity contribution is -0.121. The quantitative estimate of drug-likeness (QED) is 0.727. The summed E-state index contributed by atoms with van der Waals surface area (Å²) in [5.74, 6) is -0.0380. The summed E-state index contributed by atoms with van der Waals surface area (Å²) in [5, 5.41) is 6.90. The molecular formula is C12H21N3O2S. The van der Waals surface area contributed by atoms with Gasteiger partial charge in [-0.2, -0.15) is 0 Å². The van der Waals surface area contributed by atoms with Crippen molar-refractivity contribution >= 4 is 17.2 Å². The summed E-state index contributed by atoms with van der Waals surface area (Å²) in [6.45, 7) is 7.47. The zero-order chi connectivity index (χ0) is 13.6. The van der Waals surface area contributed by atoms with Crippen LogP contribution in [0.2, 0.25) is 0 Å². The number of carbonyl (C=O) groups excluding carboxylic acids is 1. The average molecular weight is 271 g/mol. The summed E-state index contributed by atoms with van der Waals surface area (Å²) in [5.41, 5.74) is -0.432. The molecular weight excluding hydrogens is 250 g/mol. The minimum atomic E-state index is -0.432. The van der Waals surface area contributed by atoms with Crippen molar-refractivity contribution in [1.29, 1.82) is 0 Å². The van der Waals surface area contributed by atoms with Crippen LogP contribution in [-0.4, -0.2) is 37.7 Å². The maximum absolute atomic E-state index is 11.8. The lowest BCUT2D eigenvalue weighted by Gasteiger charge is -2.23. The van der Waals surface area contributed by atoms with Gasteiger partial charge in [0.25, 0.3) is 0 Å². The van der Waals surface area contributed by atoms with Crippen molar-refractivity contribution < 1.29 is 9.53 Å². The summed E-state index contributed by atoms with van der Waals surface area (Å²) in [7, 11) is 1.63. The van der Waals surface area contributed by atoms with Crippen molar-refractivity contribution in [3.8, 4) is 0 Å². The minimum Gasteiger partial charge on any atom is -0.383 e. The molecule has 6 heteroatoms. The normalized spacial score (nSPS) is 11.6. The molecule has 1 rings (SSSR count). The van der Waals surface area contributed by atoms with E-state index < -0.39 is 5.54 Å². The third-order valence-corrected chi connectivity index (χ3v) is 3.61. The maximum Gasteiger partial charge on any atom is 0.234 e. The molecule has 0 atom stereocenters. The van der Waals surface area contributed by atoms with Crippen LogP contribution in [0.15, 0.2) is 6.20 Å². The molecule has 1 aromatic heterocycles. The Balaban J connectivity index is 2.42. The van der Waals surface area contributed by atoms with E-state index in [0.717, 1.165) is 9.88 Å². The monoisotopic (exact) mass is 271 g/mol. The highest BCUT2D eigenvalue weighted by Gasteiger charge is 2.25. The lowest BCUT2D eigenvalue weighted by Crippen LogP contribution is -2.45. The molecule has 1 amide bonds. The predicted molar refractivity (Wildman–Crippen MR) is 72.8 cm³/mol. The highest BCUT2D eigenvalue weighted by molar-refractivity contribution is 7.11. The van der Waals surface area contributed by atoms with Gasteiger partial charge in [-0.15, -0.1) is 11.3 Å². The fraction of sp³-hybridized carbons (Fsp3) is 0.667. The molecule has 5 nitrogen and oxygen atoms in total. The highest BCUT2D eigenvalue weighted by atomic mass is 32.1. The topological polar surface area (TPSA) is 63.2 Å². The van der Waals surface area contributed by atoms with Crippen LogP contribution in [0.5, 0.6) is 0 Å². The van der Waals surface area contributed by atoms with E-state index in [-0.39, 0.29) is 12.5 Å². The molecule has 0 aliphatic heterocycles. The van der Waals surface area contributed by atoms with E-state index in [0.29, 0.717) is 13.2 Å². The molecule has 0 spiro atoms. The minimum absolute atomic E-state index is 0.0380. The average Bonchev–Trinajstić information content (AvgIpc) is 2.71. The van der Waals surface area contributed by atoms with Gasteiger partial charge in [0.1, 0.15) is 5.01 Å². The van der Waals surface area contributed by atoms with Gasteiger partial charge in [0.05, 0.1) is 18.7 Å². The van der Waals surface area contributed by atoms with Gasteiger partial charge in [0.15, 0.2) is 0 Å². The second kappa shape index (κ2) is 6.82. The third kappa shape index (κ3) is 4.72. The molecule has 0 aromatic carbocycles. The number of ether oxygens (including phenoxy) is 1. The molecule has 0 radical (unpaired) electrons. The summed E-state index contributed by atoms with van der Waals surface area (Å²) < 4.78 is 4.89. The Morgan fingerprint density at radius 1 is 1.56 bits per heavy atom. The van der Waals surface area contributed by atoms with Gasteiger partial charge in [-0.3, -0.25) is 4.79 Å². The number of hydrogen-bond donors (Lipinski definition) is 2. The van der Waals surface area contributed by atoms with Crippen molar-refractivity contribution in [2.24, 2.45) is 0 Å². The predicted octanol–water partition coefficient (Wildman–Crippen LogP) is 1.04. The van der Waals surface area contributed by atoms with Gasteiger partial charge in [-0.05, 0) is 20.8 Å². The van der Waals surface area contributed by atoms with Gasteiger partial charge < -0.3 is 15.4 Å². The van der Waals surface area contributed by atoms with Crippen molar-refractivity contribution in [2.45, 2.75) is 26.3 Å². The zero-order valence-electron chi connectivity index (χ0n) is 11.4. The van der Waals surface area contributed by atoms with Crippen LogP contribution in [0.1, 0.15) is 23.7 Å². The fourth-order valence-corrected chi connectivity index (χ4v) is 2.29. The van der Waals surface area contributed by atoms with Crippen LogP contribution in [0.4, 0.5) is 0 Å². The Morgan fingerprint density at radius 2 is 2.28 bits per heavy atom. The van der Waals surface area contributed by atoms with Gasteiger partial charge in [-0.25, -0.2) is 4.98 Å². The van der Waals surface area contributed by atoms with Gasteiger partial charge >= 0.3 is 0 Å². The Kier molecular flexibility index (Phi) is 5.71. The first-order valence-corrected chi connectivity index (χ1v) is 6.71. The number of amides is 1. The molecule has 18 heavy (non-hydrogen) atoms. The molecule has 0 aliphatic carbocycles. The zero-order valence-corrected chi connectivity index (χ0v) is 12.2. The smallest absolute Gasteiger partial charge is 0.234 e. The number of hydrogen-bond acceptors (Lipinski definition) is 5. The standard InChI is InChI=1S/C12H21N3O2S/c1-9-7-14-11(18-9)12(2,3)15-10(16)8-13-5-6-17-4/h7,13H,5-6,8H2,1-4H3,(H,15,16). The number of nitrogens with zero attached hydrogens (tertiary/aromatic N) is 1. The molecule has 0 fully saturated rings. The molecule has 0 saturated heterocycles. The Labute approximate surface area is 112 Å². The van der Waals surface area contributed by atoms with Gasteiger partial charge in [0, 0.05) is 24.7 Å². The van der Waals surface area contributed by atoms with E-state index in [4.69, 9.17) is 4.74 Å². The number of aryl methyl sites for hydroxylation is 1. The molecule has 0 bridgehead atoms. The first-order valence-electron chi connectivity index (χ1n) is 5.89. The second-order valence-electron chi connectivity index (χ2n) is 4.62. The van der Waals surface area contributed by atoms with E-state index in [2.05, 4.69) is 15.6 Å². The number of rotatable bonds is 7. The van der Waals surface area contributed by atoms with E-state index in [1.165, 1.54) is 0 Å². The van der Waals surface area contributed by atoms with Gasteiger partial charge in [0.2, 0.25) is 5.91 Å². The number of methoxy groups -OCH3 is 1. The molecule has 0 unspecified atom stereocenters. The number of aromatic nitrogens is 1. The van der Waals surface area contributed by atoms with Crippen molar-refractivity contribution in [1.82, 2.24) is 15.6 Å². The first kappa shape index (κ1) is 15.1. The fourth-order valence-electron chi connectivity index (χ4n) is 1.47. The third-order valence-electron chi connectivity index (χ3n) is 2.38. The summed E-state index contributed by atoms with van der Waals surface area (Å²) >= 11 is 1.60. The maximum atomic E-state index is 11.8. The molecule has 102 valence electrons. The molecule has 0 aliphatic rings. The summed E-state index contributed by atoms with van der Waals surface area (Å²) in [6.07, 6.45) is 1.82. The number of thiazole rings is 1. The largest absolute Gasteiger partial charge is 0.383 e. The van der Waals surface area contributed by atoms with Crippen molar-refractivity contribution in [3.05, 3.63) is 16.1 Å². The van der Waals surface area contributed by atoms with E-state index in [9.17, 15) is 4.79 Å². The Morgan fingerprint density at radius 3 is 2.83 bits per heavy atom. The molecule has 2 N–H and O–H groups in total. The molecule has 1 aromatic rings. The van der Waals surface area contributed by atoms with Crippen LogP contribution in [-0.2, 0) is 15.1 Å². The molecule has 0 saturated carbocycles. The number of nitrogens with one attached hydrogen (secondary N) is 2. The summed E-state index contributed by atoms with van der Waals surface area (Å²) in [4.78, 5) is 17.2. The lowest BCUT2D eigenvalue weighted by atomic mass is 10.1. The number of carbonyl (C=O) groups is 1.